The van der Waals surface area contributed by atoms with Crippen LogP contribution < -0.4 is 5.73 Å². The van der Waals surface area contributed by atoms with Gasteiger partial charge in [-0.15, -0.1) is 0 Å². The van der Waals surface area contributed by atoms with Crippen LogP contribution in [0.1, 0.15) is 19.4 Å². The van der Waals surface area contributed by atoms with Crippen molar-refractivity contribution in [2.24, 2.45) is 5.73 Å². The van der Waals surface area contributed by atoms with Gasteiger partial charge in [-0.05, 0) is 38.0 Å². The van der Waals surface area contributed by atoms with E-state index in [1.807, 2.05) is 26.0 Å². The Labute approximate surface area is 73.0 Å². The standard InChI is InChI=1S/C10H15NO/c1-10(2,11)7-8-3-5-9(12)6-4-8/h3-6,12H,7,11H2,1-2H3. The van der Waals surface area contributed by atoms with Gasteiger partial charge in [0.1, 0.15) is 5.75 Å². The van der Waals surface area contributed by atoms with Gasteiger partial charge in [-0.3, -0.25) is 0 Å². The third kappa shape index (κ3) is 2.93. The highest BCUT2D eigenvalue weighted by Crippen LogP contribution is 2.13. The monoisotopic (exact) mass is 165 g/mol. The summed E-state index contributed by atoms with van der Waals surface area (Å²) in [7, 11) is 0. The largest absolute Gasteiger partial charge is 0.508 e. The summed E-state index contributed by atoms with van der Waals surface area (Å²) < 4.78 is 0. The van der Waals surface area contributed by atoms with Gasteiger partial charge in [0.05, 0.1) is 0 Å². The molecule has 0 aliphatic rings. The van der Waals surface area contributed by atoms with E-state index in [9.17, 15) is 0 Å². The average molecular weight is 165 g/mol. The lowest BCUT2D eigenvalue weighted by molar-refractivity contribution is 0.473. The number of phenols is 1. The first-order chi connectivity index (χ1) is 5.47. The average Bonchev–Trinajstić information content (AvgIpc) is 1.91. The smallest absolute Gasteiger partial charge is 0.115 e. The summed E-state index contributed by atoms with van der Waals surface area (Å²) in [6.07, 6.45) is 0.827. The van der Waals surface area contributed by atoms with Crippen LogP contribution in [0.3, 0.4) is 0 Å². The molecule has 0 unspecified atom stereocenters. The van der Waals surface area contributed by atoms with Crippen LogP contribution in [0.15, 0.2) is 24.3 Å². The van der Waals surface area contributed by atoms with Crippen molar-refractivity contribution in [3.05, 3.63) is 29.8 Å². The van der Waals surface area contributed by atoms with Gasteiger partial charge in [0.15, 0.2) is 0 Å². The molecule has 0 spiro atoms. The van der Waals surface area contributed by atoms with Crippen molar-refractivity contribution in [2.75, 3.05) is 0 Å². The molecule has 0 atom stereocenters. The highest BCUT2D eigenvalue weighted by molar-refractivity contribution is 5.26. The summed E-state index contributed by atoms with van der Waals surface area (Å²) in [5.74, 6) is 0.300. The second kappa shape index (κ2) is 3.15. The molecule has 12 heavy (non-hydrogen) atoms. The molecule has 0 aromatic heterocycles. The molecule has 0 heterocycles. The number of hydrogen-bond acceptors (Lipinski definition) is 2. The molecule has 1 aromatic carbocycles. The lowest BCUT2D eigenvalue weighted by Crippen LogP contribution is -2.34. The third-order valence-corrected chi connectivity index (χ3v) is 1.60. The number of hydrogen-bond donors (Lipinski definition) is 2. The molecule has 3 N–H and O–H groups in total. The summed E-state index contributed by atoms with van der Waals surface area (Å²) in [6, 6.07) is 7.15. The third-order valence-electron chi connectivity index (χ3n) is 1.60. The van der Waals surface area contributed by atoms with Gasteiger partial charge < -0.3 is 10.8 Å². The molecule has 0 fully saturated rings. The number of benzene rings is 1. The van der Waals surface area contributed by atoms with Gasteiger partial charge in [-0.25, -0.2) is 0 Å². The van der Waals surface area contributed by atoms with Crippen LogP contribution in [0.25, 0.3) is 0 Å². The molecule has 2 nitrogen and oxygen atoms in total. The molecule has 0 bridgehead atoms. The number of phenolic OH excluding ortho intramolecular Hbond substituents is 1. The first-order valence-corrected chi connectivity index (χ1v) is 4.04. The van der Waals surface area contributed by atoms with E-state index < -0.39 is 0 Å². The van der Waals surface area contributed by atoms with Crippen molar-refractivity contribution in [1.82, 2.24) is 0 Å². The molecule has 0 aliphatic carbocycles. The molecular formula is C10H15NO. The minimum Gasteiger partial charge on any atom is -0.508 e. The van der Waals surface area contributed by atoms with Gasteiger partial charge in [-0.2, -0.15) is 0 Å². The highest BCUT2D eigenvalue weighted by Gasteiger charge is 2.10. The fourth-order valence-corrected chi connectivity index (χ4v) is 1.14. The summed E-state index contributed by atoms with van der Waals surface area (Å²) >= 11 is 0. The Morgan fingerprint density at radius 3 is 2.17 bits per heavy atom. The number of aromatic hydroxyl groups is 1. The molecule has 0 saturated carbocycles. The maximum Gasteiger partial charge on any atom is 0.115 e. The van der Waals surface area contributed by atoms with Crippen LogP contribution in [-0.2, 0) is 6.42 Å². The zero-order chi connectivity index (χ0) is 9.19. The molecule has 0 radical (unpaired) electrons. The minimum absolute atomic E-state index is 0.184. The second-order valence-corrected chi connectivity index (χ2v) is 3.83. The minimum atomic E-state index is -0.184. The molecule has 2 heteroatoms. The SMILES string of the molecule is CC(C)(N)Cc1ccc(O)cc1. The van der Waals surface area contributed by atoms with E-state index in [1.54, 1.807) is 12.1 Å². The number of nitrogens with two attached hydrogens (primary N) is 1. The highest BCUT2D eigenvalue weighted by atomic mass is 16.3. The fourth-order valence-electron chi connectivity index (χ4n) is 1.14. The summed E-state index contributed by atoms with van der Waals surface area (Å²) in [6.45, 7) is 3.97. The van der Waals surface area contributed by atoms with Crippen LogP contribution in [0, 0.1) is 0 Å². The molecule has 1 rings (SSSR count). The van der Waals surface area contributed by atoms with E-state index in [0.717, 1.165) is 12.0 Å². The van der Waals surface area contributed by atoms with Crippen molar-refractivity contribution in [2.45, 2.75) is 25.8 Å². The maximum absolute atomic E-state index is 9.02. The van der Waals surface area contributed by atoms with Crippen molar-refractivity contribution in [3.63, 3.8) is 0 Å². The fraction of sp³-hybridized carbons (Fsp3) is 0.400. The van der Waals surface area contributed by atoms with Crippen molar-refractivity contribution >= 4 is 0 Å². The van der Waals surface area contributed by atoms with E-state index in [0.29, 0.717) is 5.75 Å². The predicted molar refractivity (Wildman–Crippen MR) is 50.1 cm³/mol. The van der Waals surface area contributed by atoms with E-state index in [1.165, 1.54) is 0 Å². The van der Waals surface area contributed by atoms with Gasteiger partial charge >= 0.3 is 0 Å². The zero-order valence-corrected chi connectivity index (χ0v) is 7.54. The molecule has 1 aromatic rings. The van der Waals surface area contributed by atoms with Crippen LogP contribution in [0.2, 0.25) is 0 Å². The van der Waals surface area contributed by atoms with Crippen LogP contribution in [0.5, 0.6) is 5.75 Å². The van der Waals surface area contributed by atoms with Crippen molar-refractivity contribution in [3.8, 4) is 5.75 Å². The number of rotatable bonds is 2. The molecule has 0 amide bonds. The first kappa shape index (κ1) is 9.07. The first-order valence-electron chi connectivity index (χ1n) is 4.04. The topological polar surface area (TPSA) is 46.2 Å². The van der Waals surface area contributed by atoms with E-state index >= 15 is 0 Å². The lowest BCUT2D eigenvalue weighted by atomic mass is 9.96. The molecule has 66 valence electrons. The van der Waals surface area contributed by atoms with Gasteiger partial charge in [0, 0.05) is 5.54 Å². The Balaban J connectivity index is 2.71. The quantitative estimate of drug-likeness (QED) is 0.700. The van der Waals surface area contributed by atoms with E-state index in [2.05, 4.69) is 0 Å². The Morgan fingerprint density at radius 1 is 1.25 bits per heavy atom. The van der Waals surface area contributed by atoms with E-state index in [4.69, 9.17) is 10.8 Å². The molecule has 0 saturated heterocycles. The van der Waals surface area contributed by atoms with Crippen molar-refractivity contribution < 1.29 is 5.11 Å². The van der Waals surface area contributed by atoms with E-state index in [-0.39, 0.29) is 5.54 Å². The molecular weight excluding hydrogens is 150 g/mol. The zero-order valence-electron chi connectivity index (χ0n) is 7.54. The normalized spacial score (nSPS) is 11.6. The Bertz CT molecular complexity index is 246. The Hall–Kier alpha value is -1.02. The van der Waals surface area contributed by atoms with Gasteiger partial charge in [0.2, 0.25) is 0 Å². The summed E-state index contributed by atoms with van der Waals surface area (Å²) in [4.78, 5) is 0. The van der Waals surface area contributed by atoms with Crippen molar-refractivity contribution in [1.29, 1.82) is 0 Å². The summed E-state index contributed by atoms with van der Waals surface area (Å²) in [5, 5.41) is 9.02. The molecule has 0 aliphatic heterocycles. The van der Waals surface area contributed by atoms with Crippen LogP contribution in [-0.4, -0.2) is 10.6 Å². The van der Waals surface area contributed by atoms with Gasteiger partial charge in [-0.1, -0.05) is 12.1 Å². The summed E-state index contributed by atoms with van der Waals surface area (Å²) in [5.41, 5.74) is 6.81. The maximum atomic E-state index is 9.02. The van der Waals surface area contributed by atoms with Crippen LogP contribution in [0.4, 0.5) is 0 Å². The predicted octanol–water partition coefficient (Wildman–Crippen LogP) is 1.67. The Kier molecular flexibility index (Phi) is 2.38. The van der Waals surface area contributed by atoms with Crippen LogP contribution >= 0.6 is 0 Å². The van der Waals surface area contributed by atoms with Gasteiger partial charge in [0.25, 0.3) is 0 Å². The Morgan fingerprint density at radius 2 is 1.75 bits per heavy atom. The second-order valence-electron chi connectivity index (χ2n) is 3.83. The lowest BCUT2D eigenvalue weighted by Gasteiger charge is -2.18.